The Labute approximate surface area is 314 Å². The van der Waals surface area contributed by atoms with Crippen LogP contribution in [0.1, 0.15) is 33.4 Å². The van der Waals surface area contributed by atoms with Crippen molar-refractivity contribution in [1.82, 2.24) is 30.2 Å². The van der Waals surface area contributed by atoms with Crippen LogP contribution in [0.5, 0.6) is 0 Å². The number of hydrogen-bond acceptors (Lipinski definition) is 20. The molecule has 1 saturated heterocycles. The number of amides is 2. The van der Waals surface area contributed by atoms with Crippen LogP contribution in [-0.2, 0) is 55.5 Å². The SMILES string of the molecule is CC(C(=O)[O-])C(=O)SCCNC(=O)CCNC(=O)[C@@H](O)C(C)(C)COP(=O)(O)OP(=O)(O)OC[C@@H]1O[C@H](n2cnc3c(N)ncnc32)C(O)C1OP(=O)(O)O. The molecule has 0 radical (unpaired) electrons. The maximum absolute atomic E-state index is 12.6. The van der Waals surface area contributed by atoms with Crippen LogP contribution in [0.2, 0.25) is 0 Å². The molecular formula is C25H39N7O19P3S-. The smallest absolute Gasteiger partial charge is 0.481 e. The third-order valence-corrected chi connectivity index (χ3v) is 11.6. The van der Waals surface area contributed by atoms with Crippen LogP contribution in [0.25, 0.3) is 11.2 Å². The van der Waals surface area contributed by atoms with Gasteiger partial charge < -0.3 is 60.8 Å². The summed E-state index contributed by atoms with van der Waals surface area (Å²) >= 11 is 0.686. The van der Waals surface area contributed by atoms with E-state index in [4.69, 9.17) is 19.5 Å². The summed E-state index contributed by atoms with van der Waals surface area (Å²) in [5.74, 6) is -4.42. The minimum atomic E-state index is -5.59. The molecule has 0 bridgehead atoms. The Morgan fingerprint density at radius 1 is 1.07 bits per heavy atom. The monoisotopic (exact) mass is 866 g/mol. The number of rotatable bonds is 21. The third-order valence-electron chi connectivity index (χ3n) is 7.45. The molecular weight excluding hydrogens is 827 g/mol. The van der Waals surface area contributed by atoms with Crippen molar-refractivity contribution in [2.24, 2.45) is 11.3 Å². The van der Waals surface area contributed by atoms with Gasteiger partial charge in [-0.15, -0.1) is 0 Å². The lowest BCUT2D eigenvalue weighted by molar-refractivity contribution is -0.309. The van der Waals surface area contributed by atoms with Crippen molar-refractivity contribution in [2.75, 3.05) is 37.8 Å². The van der Waals surface area contributed by atoms with Crippen LogP contribution in [0.15, 0.2) is 12.7 Å². The second-order valence-electron chi connectivity index (χ2n) is 12.3. The maximum atomic E-state index is 12.6. The molecule has 55 heavy (non-hydrogen) atoms. The number of carbonyl (C=O) groups excluding carboxylic acids is 4. The molecule has 310 valence electrons. The highest BCUT2D eigenvalue weighted by molar-refractivity contribution is 8.13. The van der Waals surface area contributed by atoms with Gasteiger partial charge in [0.1, 0.15) is 36.3 Å². The van der Waals surface area contributed by atoms with Crippen LogP contribution in [0.4, 0.5) is 5.82 Å². The second-order valence-corrected chi connectivity index (χ2v) is 17.6. The van der Waals surface area contributed by atoms with Gasteiger partial charge in [-0.05, 0) is 6.92 Å². The fourth-order valence-corrected chi connectivity index (χ4v) is 8.08. The van der Waals surface area contributed by atoms with Crippen LogP contribution >= 0.6 is 35.2 Å². The zero-order chi connectivity index (χ0) is 41.5. The number of fused-ring (bicyclic) bond motifs is 1. The normalized spacial score (nSPS) is 22.3. The number of thioether (sulfide) groups is 1. The molecule has 2 aromatic heterocycles. The Hall–Kier alpha value is -2.97. The molecule has 1 fully saturated rings. The second kappa shape index (κ2) is 19.0. The molecule has 0 saturated carbocycles. The predicted octanol–water partition coefficient (Wildman–Crippen LogP) is -2.95. The molecule has 3 rings (SSSR count). The molecule has 3 heterocycles. The highest BCUT2D eigenvalue weighted by atomic mass is 32.2. The predicted molar refractivity (Wildman–Crippen MR) is 181 cm³/mol. The number of phosphoric acid groups is 3. The number of imidazole rings is 1. The average Bonchev–Trinajstić information content (AvgIpc) is 3.64. The van der Waals surface area contributed by atoms with Gasteiger partial charge in [0.2, 0.25) is 11.8 Å². The Morgan fingerprint density at radius 2 is 1.73 bits per heavy atom. The number of anilines is 1. The van der Waals surface area contributed by atoms with Gasteiger partial charge in [0.15, 0.2) is 22.8 Å². The molecule has 30 heteroatoms. The molecule has 8 atom stereocenters. The number of nitrogens with one attached hydrogen (secondary N) is 2. The first kappa shape index (κ1) is 46.4. The van der Waals surface area contributed by atoms with E-state index in [9.17, 15) is 67.8 Å². The third kappa shape index (κ3) is 13.6. The topological polar surface area (TPSA) is 404 Å². The van der Waals surface area contributed by atoms with E-state index in [-0.39, 0.29) is 42.2 Å². The number of carboxylic acid groups (broad SMARTS) is 1. The number of aliphatic hydroxyl groups is 2. The van der Waals surface area contributed by atoms with Gasteiger partial charge >= 0.3 is 23.5 Å². The Balaban J connectivity index is 1.50. The van der Waals surface area contributed by atoms with Crippen molar-refractivity contribution in [3.05, 3.63) is 12.7 Å². The van der Waals surface area contributed by atoms with Crippen LogP contribution in [0.3, 0.4) is 0 Å². The Bertz CT molecular complexity index is 1860. The van der Waals surface area contributed by atoms with E-state index in [0.29, 0.717) is 11.8 Å². The van der Waals surface area contributed by atoms with Gasteiger partial charge in [-0.3, -0.25) is 32.5 Å². The van der Waals surface area contributed by atoms with E-state index < -0.39 is 102 Å². The number of nitrogens with zero attached hydrogens (tertiary/aromatic N) is 4. The summed E-state index contributed by atoms with van der Waals surface area (Å²) in [4.78, 5) is 97.6. The summed E-state index contributed by atoms with van der Waals surface area (Å²) in [6.45, 7) is 1.24. The maximum Gasteiger partial charge on any atom is 0.481 e. The molecule has 2 aromatic rings. The average molecular weight is 867 g/mol. The number of hydrogen-bond donors (Lipinski definition) is 9. The minimum absolute atomic E-state index is 0.00485. The summed E-state index contributed by atoms with van der Waals surface area (Å²) < 4.78 is 61.9. The van der Waals surface area contributed by atoms with E-state index in [1.807, 2.05) is 0 Å². The largest absolute Gasteiger partial charge is 0.549 e. The lowest BCUT2D eigenvalue weighted by atomic mass is 9.87. The van der Waals surface area contributed by atoms with Gasteiger partial charge in [0.05, 0.1) is 31.4 Å². The number of nitrogen functional groups attached to an aromatic ring is 1. The van der Waals surface area contributed by atoms with E-state index in [0.717, 1.165) is 17.2 Å². The molecule has 0 spiro atoms. The van der Waals surface area contributed by atoms with Crippen molar-refractivity contribution in [3.8, 4) is 0 Å². The first-order valence-electron chi connectivity index (χ1n) is 15.6. The minimum Gasteiger partial charge on any atom is -0.549 e. The summed E-state index contributed by atoms with van der Waals surface area (Å²) in [6.07, 6.45) is -7.15. The highest BCUT2D eigenvalue weighted by Gasteiger charge is 2.50. The molecule has 2 amide bonds. The highest BCUT2D eigenvalue weighted by Crippen LogP contribution is 2.61. The lowest BCUT2D eigenvalue weighted by Crippen LogP contribution is -2.46. The fraction of sp³-hybridized carbons (Fsp3) is 0.640. The Morgan fingerprint density at radius 3 is 2.36 bits per heavy atom. The quantitative estimate of drug-likeness (QED) is 0.0344. The van der Waals surface area contributed by atoms with Gasteiger partial charge in [-0.2, -0.15) is 4.31 Å². The van der Waals surface area contributed by atoms with E-state index >= 15 is 0 Å². The zero-order valence-corrected chi connectivity index (χ0v) is 32.5. The summed E-state index contributed by atoms with van der Waals surface area (Å²) in [6, 6.07) is 0. The molecule has 10 N–H and O–H groups in total. The molecule has 1 aliphatic rings. The summed E-state index contributed by atoms with van der Waals surface area (Å²) in [5, 5.41) is 36.1. The van der Waals surface area contributed by atoms with E-state index in [2.05, 4.69) is 34.4 Å². The number of phosphoric ester groups is 3. The summed E-state index contributed by atoms with van der Waals surface area (Å²) in [5.41, 5.74) is 4.18. The van der Waals surface area contributed by atoms with Crippen LogP contribution in [0, 0.1) is 11.3 Å². The number of nitrogens with two attached hydrogens (primary N) is 1. The van der Waals surface area contributed by atoms with Gasteiger partial charge in [0, 0.05) is 30.7 Å². The molecule has 5 unspecified atom stereocenters. The van der Waals surface area contributed by atoms with Crippen molar-refractivity contribution in [2.45, 2.75) is 57.8 Å². The van der Waals surface area contributed by atoms with Crippen molar-refractivity contribution >= 4 is 75.1 Å². The first-order valence-corrected chi connectivity index (χ1v) is 21.1. The fourth-order valence-electron chi connectivity index (χ4n) is 4.50. The molecule has 0 aromatic carbocycles. The number of carbonyl (C=O) groups is 4. The van der Waals surface area contributed by atoms with Crippen molar-refractivity contribution in [3.63, 3.8) is 0 Å². The number of ether oxygens (including phenoxy) is 1. The zero-order valence-electron chi connectivity index (χ0n) is 29.0. The number of aromatic nitrogens is 4. The first-order chi connectivity index (χ1) is 25.3. The van der Waals surface area contributed by atoms with Crippen molar-refractivity contribution < 1.29 is 90.4 Å². The van der Waals surface area contributed by atoms with Crippen LogP contribution in [-0.4, -0.2) is 129 Å². The Kier molecular flexibility index (Phi) is 16.0. The molecule has 26 nitrogen and oxygen atoms in total. The molecule has 0 aliphatic carbocycles. The summed E-state index contributed by atoms with van der Waals surface area (Å²) in [7, 11) is -16.5. The molecule has 1 aliphatic heterocycles. The standard InChI is InChI=1S/C25H40N7O19P3S/c1-12(23(37)38)24(39)55-7-6-27-14(33)4-5-28-21(36)18(35)25(2,3)9-48-54(45,46)51-53(43,44)47-8-13-17(50-52(40,41)42)16(34)22(49-13)32-11-31-15-19(26)29-10-30-20(15)32/h10-13,16-18,22,34-35H,4-9H2,1-3H3,(H,27,33)(H,28,36)(H,37,38)(H,43,44)(H,45,46)(H2,26,29,30)(H2,40,41,42)/p-1/t12?,13-,16?,17?,18+,22-/m0/s1. The van der Waals surface area contributed by atoms with E-state index in [1.165, 1.54) is 20.8 Å². The van der Waals surface area contributed by atoms with Gasteiger partial charge in [-0.1, -0.05) is 25.6 Å². The van der Waals surface area contributed by atoms with Gasteiger partial charge in [0.25, 0.3) is 0 Å². The van der Waals surface area contributed by atoms with Crippen molar-refractivity contribution in [1.29, 1.82) is 0 Å². The lowest BCUT2D eigenvalue weighted by Gasteiger charge is -2.30. The number of aliphatic hydroxyl groups excluding tert-OH is 2. The number of aliphatic carboxylic acids is 1. The van der Waals surface area contributed by atoms with E-state index in [1.54, 1.807) is 0 Å². The van der Waals surface area contributed by atoms with Crippen LogP contribution < -0.4 is 21.5 Å². The van der Waals surface area contributed by atoms with Gasteiger partial charge in [-0.25, -0.2) is 28.6 Å². The number of carboxylic acids is 1.